The number of nitrogens with one attached hydrogen (secondary N) is 13. The molecule has 126 heavy (non-hydrogen) atoms. The number of anilines is 3. The third-order valence-electron chi connectivity index (χ3n) is 17.3. The summed E-state index contributed by atoms with van der Waals surface area (Å²) >= 11 is 1.01. The van der Waals surface area contributed by atoms with Crippen LogP contribution in [0.4, 0.5) is 31.7 Å². The Hall–Kier alpha value is -16.2. The first kappa shape index (κ1) is 95.2. The number of aromatic nitrogens is 36. The lowest BCUT2D eigenvalue weighted by Crippen LogP contribution is -2.38. The highest BCUT2D eigenvalue weighted by Gasteiger charge is 2.35. The summed E-state index contributed by atoms with van der Waals surface area (Å²) in [5.74, 6) is 0.465. The highest BCUT2D eigenvalue weighted by Crippen LogP contribution is 2.23. The summed E-state index contributed by atoms with van der Waals surface area (Å²) in [5.41, 5.74) is -1.30. The normalized spacial score (nSPS) is 13.2. The number of H-pyrrole nitrogens is 9. The molecule has 3 aliphatic rings. The van der Waals surface area contributed by atoms with Crippen LogP contribution in [-0.2, 0) is 75.5 Å². The molecule has 1 unspecified atom stereocenters. The Morgan fingerprint density at radius 1 is 0.429 bits per heavy atom. The summed E-state index contributed by atoms with van der Waals surface area (Å²) in [5, 5.41) is 166. The number of allylic oxidation sites excluding steroid dienone is 2. The topological polar surface area (TPSA) is 843 Å². The smallest absolute Gasteiger partial charge is 0.324 e. The third kappa shape index (κ3) is 30.8. The van der Waals surface area contributed by atoms with E-state index in [2.05, 4.69) is 202 Å². The van der Waals surface area contributed by atoms with Crippen molar-refractivity contribution in [3.8, 4) is 11.5 Å². The third-order valence-corrected chi connectivity index (χ3v) is 18.4. The number of likely N-dealkylation sites (N-methyl/N-ethyl adjacent to an activating group) is 3. The van der Waals surface area contributed by atoms with Gasteiger partial charge in [-0.25, -0.2) is 9.59 Å². The van der Waals surface area contributed by atoms with Crippen molar-refractivity contribution in [2.45, 2.75) is 102 Å². The van der Waals surface area contributed by atoms with E-state index < -0.39 is 68.1 Å². The van der Waals surface area contributed by atoms with Crippen molar-refractivity contribution in [2.24, 2.45) is 0 Å². The number of hydrogen-bond acceptors (Lipinski definition) is 49. The lowest BCUT2D eigenvalue weighted by molar-refractivity contribution is -0.125. The Balaban J connectivity index is 0.000000182. The molecule has 11 aromatic rings. The van der Waals surface area contributed by atoms with E-state index >= 15 is 0 Å². The van der Waals surface area contributed by atoms with Crippen LogP contribution in [0.25, 0.3) is 0 Å². The van der Waals surface area contributed by atoms with Crippen molar-refractivity contribution in [1.82, 2.24) is 226 Å². The van der Waals surface area contributed by atoms with Gasteiger partial charge in [0.05, 0.1) is 12.2 Å². The van der Waals surface area contributed by atoms with Crippen LogP contribution < -0.4 is 47.4 Å². The van der Waals surface area contributed by atoms with Crippen LogP contribution >= 0.6 is 11.8 Å². The lowest BCUT2D eigenvalue weighted by atomic mass is 10.1. The maximum atomic E-state index is 11.7. The molecule has 0 bridgehead atoms. The average molecular weight is 1780 g/mol. The number of carbonyl (C=O) groups is 8. The second kappa shape index (κ2) is 49.5. The van der Waals surface area contributed by atoms with Gasteiger partial charge >= 0.3 is 12.1 Å². The molecule has 2 aliphatic heterocycles. The van der Waals surface area contributed by atoms with Crippen LogP contribution in [0.5, 0.6) is 11.5 Å². The number of urea groups is 2. The van der Waals surface area contributed by atoms with Crippen molar-refractivity contribution in [3.63, 3.8) is 0 Å². The van der Waals surface area contributed by atoms with Gasteiger partial charge in [-0.3, -0.25) is 64.0 Å². The molecule has 1 fully saturated rings. The number of imide groups is 2. The molecular weight excluding hydrogens is 1690 g/mol. The van der Waals surface area contributed by atoms with Gasteiger partial charge in [0.15, 0.2) is 69.6 Å². The number of aliphatic hydroxyl groups excluding tert-OH is 2. The van der Waals surface area contributed by atoms with Gasteiger partial charge in [-0.05, 0) is 75.5 Å². The summed E-state index contributed by atoms with van der Waals surface area (Å²) in [6.45, 7) is 4.22. The molecule has 12 heterocycles. The molecule has 63 nitrogen and oxygen atoms in total. The molecule has 8 amide bonds. The van der Waals surface area contributed by atoms with Crippen molar-refractivity contribution in [1.29, 1.82) is 0 Å². The molecule has 14 rings (SSSR count). The Bertz CT molecular complexity index is 5370. The molecule has 17 N–H and O–H groups in total. The number of nitrogens with zero attached hydrogens (tertiary/aromatic N) is 34. The lowest BCUT2D eigenvalue weighted by Gasteiger charge is -2.22. The number of carbonyl (C=O) groups excluding carboxylic acids is 8. The Morgan fingerprint density at radius 3 is 1.24 bits per heavy atom. The van der Waals surface area contributed by atoms with Crippen LogP contribution in [0.15, 0.2) is 66.4 Å². The van der Waals surface area contributed by atoms with Gasteiger partial charge in [0, 0.05) is 139 Å². The number of tetrazole rings is 9. The summed E-state index contributed by atoms with van der Waals surface area (Å²) in [6, 6.07) is -0.498. The second-order valence-corrected chi connectivity index (χ2v) is 27.6. The Labute approximate surface area is 710 Å². The van der Waals surface area contributed by atoms with Crippen molar-refractivity contribution < 1.29 is 63.2 Å². The Morgan fingerprint density at radius 2 is 0.833 bits per heavy atom. The van der Waals surface area contributed by atoms with Crippen LogP contribution in [0, 0.1) is 0 Å². The summed E-state index contributed by atoms with van der Waals surface area (Å²) < 4.78 is 4.86. The monoisotopic (exact) mass is 1780 g/mol. The fourth-order valence-electron chi connectivity index (χ4n) is 10.8. The van der Waals surface area contributed by atoms with Crippen LogP contribution in [0.1, 0.15) is 91.5 Å². The summed E-state index contributed by atoms with van der Waals surface area (Å²) in [4.78, 5) is 136. The molecule has 1 atom stereocenters. The van der Waals surface area contributed by atoms with Gasteiger partial charge in [0.25, 0.3) is 39.8 Å². The van der Waals surface area contributed by atoms with Gasteiger partial charge in [0.1, 0.15) is 29.3 Å². The van der Waals surface area contributed by atoms with Gasteiger partial charge in [-0.15, -0.1) is 86.7 Å². The minimum atomic E-state index is -0.815. The zero-order valence-corrected chi connectivity index (χ0v) is 69.1. The molecule has 1 saturated heterocycles. The van der Waals surface area contributed by atoms with E-state index in [1.807, 2.05) is 17.3 Å². The maximum Gasteiger partial charge on any atom is 0.324 e. The molecule has 1 aromatic carbocycles. The number of Topliss-reactive ketones (excluding diaryl/α,β-unsaturated/α-hetero) is 1. The standard InChI is InChI=1S/C11H13N5O3.C10H13N5O3.C9H12N6O3.C9H11N5O3.C8H14N10O.C8H12N6O2S.C7H12N10O/c1-16(4-2-3-10-12-14-15-13-10)8-5-7(17)6-9(18)11(8)19;1-15(4-2-3-9-11-13-14-12-9)7-5-18-6-8(16)10(7)17;1-15(4-2-3-5-11-13-14-12-5)6-7(16)9(18)10-8(6)17;1-14(6-7(15)9(17)8(6)16)4-2-3-5-10-12-13-11-5;1-18(4-2-3-6-10-14-15-11-6)8(19)9-5-7-12-16-17-13-7;1-14(7-6(15)9-8(16)17-7)4-2-3-5-10-12-13-11-5;1-17(4-2-3-5-9-13-14-10-5)7(18)8-6-11-15-16-12-6/h5-6,18H,2-4H2,1H3,(H,12,13,14,15);5-6,16H,2-4H2,1H3,(H,11,12,13,14);2-4H2,1H3,(H2,10,16,17,18)(H,11,12,13,14);15H,2-4H2,1H3,(H,10,11,12,13);2-5H2,1H3,(H,9,19)(H,10,11,14,15)(H,12,13,16,17);7H,2-4H2,1H3,(H,9,15,16)(H,10,11,12,13);2-4H2,1H3,(H,9,10,13,14)(H2,8,11,12,15,16,18). The van der Waals surface area contributed by atoms with Crippen molar-refractivity contribution in [2.75, 3.05) is 110 Å². The zero-order chi connectivity index (χ0) is 90.9. The molecule has 10 aromatic heterocycles. The van der Waals surface area contributed by atoms with Crippen LogP contribution in [-0.4, -0.2) is 378 Å². The molecule has 64 heteroatoms. The quantitative estimate of drug-likeness (QED) is 0.00986. The predicted octanol–water partition coefficient (Wildman–Crippen LogP) is -6.80. The van der Waals surface area contributed by atoms with Crippen LogP contribution in [0.2, 0.25) is 0 Å². The number of aryl methyl sites for hydroxylation is 7. The fraction of sp³-hybridized carbons (Fsp3) is 0.484. The highest BCUT2D eigenvalue weighted by atomic mass is 32.2. The predicted molar refractivity (Wildman–Crippen MR) is 423 cm³/mol. The summed E-state index contributed by atoms with van der Waals surface area (Å²) in [7, 11) is 11.9. The van der Waals surface area contributed by atoms with Crippen molar-refractivity contribution in [3.05, 3.63) is 125 Å². The number of hydrogen-bond donors (Lipinski definition) is 17. The molecule has 0 saturated carbocycles. The van der Waals surface area contributed by atoms with E-state index in [1.165, 1.54) is 22.1 Å². The minimum Gasteiger partial charge on any atom is -0.504 e. The largest absolute Gasteiger partial charge is 0.504 e. The van der Waals surface area contributed by atoms with E-state index in [4.69, 9.17) is 4.42 Å². The number of aromatic amines is 9. The van der Waals surface area contributed by atoms with Crippen LogP contribution in [0.3, 0.4) is 0 Å². The number of amides is 8. The SMILES string of the molecule is CN(CCCc1nn[nH]n1)C(=O)NCc1nn[nH]n1.CN(CCCc1nn[nH]n1)C(=O)Nc1nn[nH]n1.CN(CCCc1nn[nH]n1)C1=C(O)C(=O)NC1=O.CN(CCCc1nn[nH]n1)C1=CC(=O)C=C(O)C1=O.CN(CCCc1nn[nH]n1)C1SC(=O)NC1=O.CN(CCCc1nn[nH]n1)c1c(O)c(=O)c1=O.CN(CCCc1nn[nH]n1)c1cocc(O)c1=O. The first-order valence-corrected chi connectivity index (χ1v) is 38.4. The fourth-order valence-corrected chi connectivity index (χ4v) is 11.6. The van der Waals surface area contributed by atoms with Gasteiger partial charge < -0.3 is 59.6 Å². The number of thioether (sulfide) groups is 1. The minimum absolute atomic E-state index is 0.00638. The highest BCUT2D eigenvalue weighted by molar-refractivity contribution is 8.15. The number of rotatable bonds is 36. The molecule has 672 valence electrons. The Kier molecular flexibility index (Phi) is 37.4. The molecule has 0 radical (unpaired) electrons. The first-order chi connectivity index (χ1) is 60.6. The van der Waals surface area contributed by atoms with E-state index in [0.29, 0.717) is 162 Å². The van der Waals surface area contributed by atoms with Gasteiger partial charge in [-0.2, -0.15) is 46.9 Å². The number of aliphatic hydroxyl groups is 2. The number of aromatic hydroxyl groups is 2. The maximum absolute atomic E-state index is 11.7. The summed E-state index contributed by atoms with van der Waals surface area (Å²) in [6.07, 6.45) is 14.0. The van der Waals surface area contributed by atoms with E-state index in [1.54, 1.807) is 61.9 Å². The zero-order valence-electron chi connectivity index (χ0n) is 68.2. The van der Waals surface area contributed by atoms with E-state index in [9.17, 15) is 73.2 Å². The first-order valence-electron chi connectivity index (χ1n) is 37.5. The number of ketones is 2. The van der Waals surface area contributed by atoms with Gasteiger partial charge in [-0.1, -0.05) is 46.8 Å². The molecular formula is C62H87N47O16S. The van der Waals surface area contributed by atoms with Gasteiger partial charge in [0.2, 0.25) is 22.7 Å². The van der Waals surface area contributed by atoms with E-state index in [0.717, 1.165) is 49.8 Å². The molecule has 0 spiro atoms. The molecule has 1 aliphatic carbocycles. The average Bonchev–Trinajstić information content (AvgIpc) is 1.05. The van der Waals surface area contributed by atoms with Crippen molar-refractivity contribution >= 4 is 75.7 Å². The second-order valence-electron chi connectivity index (χ2n) is 26.5. The van der Waals surface area contributed by atoms with E-state index in [-0.39, 0.29) is 52.8 Å².